The summed E-state index contributed by atoms with van der Waals surface area (Å²) in [7, 11) is 0. The van der Waals surface area contributed by atoms with Crippen LogP contribution in [-0.4, -0.2) is 22.2 Å². The summed E-state index contributed by atoms with van der Waals surface area (Å²) in [6.45, 7) is 5.39. The van der Waals surface area contributed by atoms with E-state index in [2.05, 4.69) is 10.3 Å². The van der Waals surface area contributed by atoms with E-state index in [9.17, 15) is 23.2 Å². The molecule has 27 heavy (non-hydrogen) atoms. The standard InChI is InChI=1S/C19H18F3N3OS/c1-18(2,3)25-16(26)11-27-17-13(10-23)14(19(20,21)22)9-15(24-17)12-7-5-4-6-8-12/h4-9H,11H2,1-3H3,(H,25,26). The Kier molecular flexibility index (Phi) is 6.16. The maximum Gasteiger partial charge on any atom is 0.417 e. The lowest BCUT2D eigenvalue weighted by Gasteiger charge is -2.20. The number of aromatic nitrogens is 1. The Hall–Kier alpha value is -2.53. The molecular weight excluding hydrogens is 375 g/mol. The molecule has 1 amide bonds. The summed E-state index contributed by atoms with van der Waals surface area (Å²) in [4.78, 5) is 16.2. The molecule has 4 nitrogen and oxygen atoms in total. The number of nitrogens with zero attached hydrogens (tertiary/aromatic N) is 2. The lowest BCUT2D eigenvalue weighted by Crippen LogP contribution is -2.41. The number of halogens is 3. The van der Waals surface area contributed by atoms with Gasteiger partial charge in [0.25, 0.3) is 0 Å². The van der Waals surface area contributed by atoms with Crippen molar-refractivity contribution >= 4 is 17.7 Å². The number of thioether (sulfide) groups is 1. The van der Waals surface area contributed by atoms with Gasteiger partial charge in [0.15, 0.2) is 0 Å². The zero-order valence-corrected chi connectivity index (χ0v) is 15.8. The lowest BCUT2D eigenvalue weighted by atomic mass is 10.1. The van der Waals surface area contributed by atoms with Crippen LogP contribution in [0.2, 0.25) is 0 Å². The van der Waals surface area contributed by atoms with Gasteiger partial charge in [-0.2, -0.15) is 18.4 Å². The maximum absolute atomic E-state index is 13.5. The number of pyridine rings is 1. The predicted molar refractivity (Wildman–Crippen MR) is 98.0 cm³/mol. The number of hydrogen-bond acceptors (Lipinski definition) is 4. The van der Waals surface area contributed by atoms with Gasteiger partial charge in [0.05, 0.1) is 22.6 Å². The smallest absolute Gasteiger partial charge is 0.351 e. The van der Waals surface area contributed by atoms with Gasteiger partial charge in [-0.25, -0.2) is 4.98 Å². The van der Waals surface area contributed by atoms with Crippen molar-refractivity contribution in [2.24, 2.45) is 0 Å². The Morgan fingerprint density at radius 1 is 1.22 bits per heavy atom. The third-order valence-corrected chi connectivity index (χ3v) is 4.30. The molecule has 8 heteroatoms. The molecule has 2 aromatic rings. The van der Waals surface area contributed by atoms with Gasteiger partial charge in [-0.3, -0.25) is 4.79 Å². The number of rotatable bonds is 4. The Labute approximate surface area is 159 Å². The van der Waals surface area contributed by atoms with Crippen molar-refractivity contribution in [3.8, 4) is 17.3 Å². The zero-order valence-electron chi connectivity index (χ0n) is 15.0. The molecule has 0 fully saturated rings. The monoisotopic (exact) mass is 393 g/mol. The normalized spacial score (nSPS) is 11.7. The summed E-state index contributed by atoms with van der Waals surface area (Å²) in [5, 5.41) is 11.9. The predicted octanol–water partition coefficient (Wildman–Crippen LogP) is 4.65. The van der Waals surface area contributed by atoms with E-state index in [1.165, 1.54) is 0 Å². The third kappa shape index (κ3) is 5.73. The topological polar surface area (TPSA) is 65.8 Å². The second kappa shape index (κ2) is 8.01. The van der Waals surface area contributed by atoms with Gasteiger partial charge in [-0.05, 0) is 26.8 Å². The number of carbonyl (C=O) groups is 1. The lowest BCUT2D eigenvalue weighted by molar-refractivity contribution is -0.138. The average Bonchev–Trinajstić information content (AvgIpc) is 2.57. The Balaban J connectivity index is 2.45. The number of alkyl halides is 3. The van der Waals surface area contributed by atoms with Crippen LogP contribution in [0.15, 0.2) is 41.4 Å². The number of carbonyl (C=O) groups excluding carboxylic acids is 1. The summed E-state index contributed by atoms with van der Waals surface area (Å²) < 4.78 is 40.4. The Bertz CT molecular complexity index is 869. The second-order valence-electron chi connectivity index (χ2n) is 6.80. The average molecular weight is 393 g/mol. The van der Waals surface area contributed by atoms with E-state index >= 15 is 0 Å². The van der Waals surface area contributed by atoms with Gasteiger partial charge in [0.1, 0.15) is 11.1 Å². The molecule has 0 aliphatic carbocycles. The van der Waals surface area contributed by atoms with E-state index in [1.807, 2.05) is 0 Å². The van der Waals surface area contributed by atoms with E-state index in [4.69, 9.17) is 0 Å². The van der Waals surface area contributed by atoms with Crippen molar-refractivity contribution in [2.75, 3.05) is 5.75 Å². The summed E-state index contributed by atoms with van der Waals surface area (Å²) in [5.74, 6) is -0.494. The molecule has 0 spiro atoms. The summed E-state index contributed by atoms with van der Waals surface area (Å²) >= 11 is 0.814. The molecular formula is C19H18F3N3OS. The van der Waals surface area contributed by atoms with Gasteiger partial charge in [-0.1, -0.05) is 42.1 Å². The molecule has 0 atom stereocenters. The van der Waals surface area contributed by atoms with Crippen molar-refractivity contribution in [2.45, 2.75) is 37.5 Å². The quantitative estimate of drug-likeness (QED) is 0.768. The van der Waals surface area contributed by atoms with Crippen LogP contribution in [-0.2, 0) is 11.0 Å². The van der Waals surface area contributed by atoms with E-state index in [0.717, 1.165) is 17.8 Å². The van der Waals surface area contributed by atoms with E-state index in [0.29, 0.717) is 5.56 Å². The number of nitrogens with one attached hydrogen (secondary N) is 1. The minimum absolute atomic E-state index is 0.0978. The zero-order chi connectivity index (χ0) is 20.2. The van der Waals surface area contributed by atoms with Crippen molar-refractivity contribution < 1.29 is 18.0 Å². The fourth-order valence-corrected chi connectivity index (χ4v) is 3.11. The van der Waals surface area contributed by atoms with Crippen molar-refractivity contribution in [3.05, 3.63) is 47.5 Å². The molecule has 0 aliphatic heterocycles. The van der Waals surface area contributed by atoms with E-state index < -0.39 is 22.8 Å². The van der Waals surface area contributed by atoms with Crippen LogP contribution in [0.25, 0.3) is 11.3 Å². The molecule has 142 valence electrons. The molecule has 1 aromatic heterocycles. The first-order valence-corrected chi connectivity index (χ1v) is 9.01. The summed E-state index contributed by atoms with van der Waals surface area (Å²) in [5.41, 5.74) is -1.51. The highest BCUT2D eigenvalue weighted by Gasteiger charge is 2.36. The first-order chi connectivity index (χ1) is 12.5. The number of hydrogen-bond donors (Lipinski definition) is 1. The molecule has 2 rings (SSSR count). The molecule has 1 heterocycles. The van der Waals surface area contributed by atoms with Gasteiger partial charge in [0.2, 0.25) is 5.91 Å². The fourth-order valence-electron chi connectivity index (χ4n) is 2.30. The first kappa shape index (κ1) is 20.8. The van der Waals surface area contributed by atoms with Crippen LogP contribution in [0.4, 0.5) is 13.2 Å². The highest BCUT2D eigenvalue weighted by atomic mass is 32.2. The summed E-state index contributed by atoms with van der Waals surface area (Å²) in [6, 6.07) is 10.8. The highest BCUT2D eigenvalue weighted by Crippen LogP contribution is 2.37. The number of benzene rings is 1. The van der Waals surface area contributed by atoms with Crippen LogP contribution in [0.3, 0.4) is 0 Å². The molecule has 1 N–H and O–H groups in total. The molecule has 0 aliphatic rings. The van der Waals surface area contributed by atoms with Gasteiger partial charge >= 0.3 is 6.18 Å². The highest BCUT2D eigenvalue weighted by molar-refractivity contribution is 8.00. The number of nitriles is 1. The second-order valence-corrected chi connectivity index (χ2v) is 7.76. The molecule has 0 saturated heterocycles. The van der Waals surface area contributed by atoms with Gasteiger partial charge in [-0.15, -0.1) is 0 Å². The van der Waals surface area contributed by atoms with E-state index in [1.54, 1.807) is 57.2 Å². The Morgan fingerprint density at radius 2 is 1.85 bits per heavy atom. The van der Waals surface area contributed by atoms with Gasteiger partial charge in [0, 0.05) is 11.1 Å². The fraction of sp³-hybridized carbons (Fsp3) is 0.316. The van der Waals surface area contributed by atoms with Crippen LogP contribution >= 0.6 is 11.8 Å². The van der Waals surface area contributed by atoms with Crippen molar-refractivity contribution in [1.82, 2.24) is 10.3 Å². The van der Waals surface area contributed by atoms with Crippen LogP contribution < -0.4 is 5.32 Å². The third-order valence-electron chi connectivity index (χ3n) is 3.33. The van der Waals surface area contributed by atoms with Crippen LogP contribution in [0.5, 0.6) is 0 Å². The van der Waals surface area contributed by atoms with Gasteiger partial charge < -0.3 is 5.32 Å². The minimum atomic E-state index is -4.71. The number of amides is 1. The molecule has 1 aromatic carbocycles. The maximum atomic E-state index is 13.5. The van der Waals surface area contributed by atoms with Crippen molar-refractivity contribution in [1.29, 1.82) is 5.26 Å². The largest absolute Gasteiger partial charge is 0.417 e. The SMILES string of the molecule is CC(C)(C)NC(=O)CSc1nc(-c2ccccc2)cc(C(F)(F)F)c1C#N. The molecule has 0 saturated carbocycles. The van der Waals surface area contributed by atoms with Crippen LogP contribution in [0.1, 0.15) is 31.9 Å². The van der Waals surface area contributed by atoms with Crippen LogP contribution in [0, 0.1) is 11.3 Å². The van der Waals surface area contributed by atoms with E-state index in [-0.39, 0.29) is 22.4 Å². The molecule has 0 bridgehead atoms. The Morgan fingerprint density at radius 3 is 2.37 bits per heavy atom. The first-order valence-electron chi connectivity index (χ1n) is 8.03. The molecule has 0 unspecified atom stereocenters. The van der Waals surface area contributed by atoms with Crippen molar-refractivity contribution in [3.63, 3.8) is 0 Å². The minimum Gasteiger partial charge on any atom is -0.351 e. The molecule has 0 radical (unpaired) electrons. The summed E-state index contributed by atoms with van der Waals surface area (Å²) in [6.07, 6.45) is -4.71.